The van der Waals surface area contributed by atoms with Crippen LogP contribution in [0.1, 0.15) is 78.6 Å². The standard InChI is InChI=1S/3C5H12S.H3O4P/c3*1-2-3-4-5-6;1-5(2,3)4/h3*6H,2-5H2,1H3;(H3,1,2,3,4). The third kappa shape index (κ3) is 100. The fourth-order valence-corrected chi connectivity index (χ4v) is 1.76. The molecule has 8 heteroatoms. The molecule has 0 aliphatic carbocycles. The molecule has 0 aliphatic rings. The Hall–Kier alpha value is 1.16. The summed E-state index contributed by atoms with van der Waals surface area (Å²) in [6, 6.07) is 0. The molecule has 0 atom stereocenters. The van der Waals surface area contributed by atoms with Gasteiger partial charge in [0.15, 0.2) is 0 Å². The van der Waals surface area contributed by atoms with Gasteiger partial charge in [0.25, 0.3) is 0 Å². The highest BCUT2D eigenvalue weighted by Crippen LogP contribution is 2.25. The minimum Gasteiger partial charge on any atom is -0.303 e. The average molecular weight is 411 g/mol. The molecule has 23 heavy (non-hydrogen) atoms. The molecule has 0 rings (SSSR count). The monoisotopic (exact) mass is 410 g/mol. The molecule has 0 aromatic carbocycles. The summed E-state index contributed by atoms with van der Waals surface area (Å²) in [7, 11) is -4.64. The van der Waals surface area contributed by atoms with Crippen molar-refractivity contribution in [3.63, 3.8) is 0 Å². The van der Waals surface area contributed by atoms with Gasteiger partial charge < -0.3 is 14.7 Å². The van der Waals surface area contributed by atoms with E-state index in [1.165, 1.54) is 57.8 Å². The van der Waals surface area contributed by atoms with E-state index in [0.29, 0.717) is 0 Å². The number of hydrogen-bond acceptors (Lipinski definition) is 4. The van der Waals surface area contributed by atoms with Gasteiger partial charge in [-0.25, -0.2) is 4.57 Å². The van der Waals surface area contributed by atoms with Crippen molar-refractivity contribution >= 4 is 45.7 Å². The van der Waals surface area contributed by atoms with Gasteiger partial charge in [-0.3, -0.25) is 0 Å². The van der Waals surface area contributed by atoms with Crippen molar-refractivity contribution in [1.82, 2.24) is 0 Å². The molecule has 0 fully saturated rings. The molecule has 0 aromatic heterocycles. The van der Waals surface area contributed by atoms with Crippen LogP contribution in [0.4, 0.5) is 0 Å². The summed E-state index contributed by atoms with van der Waals surface area (Å²) < 4.78 is 8.88. The van der Waals surface area contributed by atoms with Crippen LogP contribution in [-0.2, 0) is 4.57 Å². The lowest BCUT2D eigenvalue weighted by atomic mass is 10.3. The lowest BCUT2D eigenvalue weighted by Gasteiger charge is -1.85. The average Bonchev–Trinajstić information content (AvgIpc) is 2.48. The second kappa shape index (κ2) is 31.0. The van der Waals surface area contributed by atoms with Gasteiger partial charge in [-0.05, 0) is 36.5 Å². The van der Waals surface area contributed by atoms with Crippen LogP contribution in [0.25, 0.3) is 0 Å². The van der Waals surface area contributed by atoms with Gasteiger partial charge in [-0.2, -0.15) is 37.9 Å². The SMILES string of the molecule is CCCCCS.CCCCCS.CCCCCS.O=P(O)(O)O. The zero-order valence-corrected chi connectivity index (χ0v) is 18.6. The number of phosphoric acid groups is 1. The quantitative estimate of drug-likeness (QED) is 0.175. The predicted octanol–water partition coefficient (Wildman–Crippen LogP) is 5.39. The van der Waals surface area contributed by atoms with Crippen molar-refractivity contribution in [2.24, 2.45) is 0 Å². The summed E-state index contributed by atoms with van der Waals surface area (Å²) in [4.78, 5) is 21.6. The molecule has 0 aromatic rings. The molecule has 146 valence electrons. The van der Waals surface area contributed by atoms with E-state index >= 15 is 0 Å². The van der Waals surface area contributed by atoms with Crippen LogP contribution in [0, 0.1) is 0 Å². The van der Waals surface area contributed by atoms with E-state index in [1.807, 2.05) is 0 Å². The van der Waals surface area contributed by atoms with E-state index in [0.717, 1.165) is 17.3 Å². The minimum absolute atomic E-state index is 1.05. The van der Waals surface area contributed by atoms with Crippen LogP contribution >= 0.6 is 45.7 Å². The Morgan fingerprint density at radius 3 is 0.826 bits per heavy atom. The zero-order valence-electron chi connectivity index (χ0n) is 15.0. The molecular weight excluding hydrogens is 371 g/mol. The van der Waals surface area contributed by atoms with E-state index in [-0.39, 0.29) is 0 Å². The summed E-state index contributed by atoms with van der Waals surface area (Å²) in [5.41, 5.74) is 0. The summed E-state index contributed by atoms with van der Waals surface area (Å²) in [5, 5.41) is 0. The van der Waals surface area contributed by atoms with Crippen LogP contribution in [0.15, 0.2) is 0 Å². The smallest absolute Gasteiger partial charge is 0.303 e. The highest BCUT2D eigenvalue weighted by molar-refractivity contribution is 7.80. The fraction of sp³-hybridized carbons (Fsp3) is 1.00. The summed E-state index contributed by atoms with van der Waals surface area (Å²) in [6.45, 7) is 6.59. The minimum atomic E-state index is -4.64. The third-order valence-electron chi connectivity index (χ3n) is 2.29. The van der Waals surface area contributed by atoms with Crippen LogP contribution in [-0.4, -0.2) is 31.9 Å². The molecule has 3 N–H and O–H groups in total. The largest absolute Gasteiger partial charge is 0.466 e. The van der Waals surface area contributed by atoms with Gasteiger partial charge in [-0.15, -0.1) is 0 Å². The first kappa shape index (κ1) is 31.9. The van der Waals surface area contributed by atoms with Crippen molar-refractivity contribution in [2.75, 3.05) is 17.3 Å². The normalized spacial score (nSPS) is 9.61. The Balaban J connectivity index is -0.000000105. The van der Waals surface area contributed by atoms with Crippen LogP contribution in [0.2, 0.25) is 0 Å². The molecule has 0 spiro atoms. The predicted molar refractivity (Wildman–Crippen MR) is 114 cm³/mol. The molecule has 0 saturated carbocycles. The highest BCUT2D eigenvalue weighted by Gasteiger charge is 2.00. The van der Waals surface area contributed by atoms with E-state index in [1.54, 1.807) is 0 Å². The zero-order chi connectivity index (χ0) is 19.0. The van der Waals surface area contributed by atoms with Crippen molar-refractivity contribution in [3.05, 3.63) is 0 Å². The summed E-state index contributed by atoms with van der Waals surface area (Å²) >= 11 is 12.2. The van der Waals surface area contributed by atoms with Gasteiger partial charge in [0, 0.05) is 0 Å². The van der Waals surface area contributed by atoms with Gasteiger partial charge >= 0.3 is 7.82 Å². The van der Waals surface area contributed by atoms with Crippen LogP contribution in [0.5, 0.6) is 0 Å². The Bertz CT molecular complexity index is 178. The summed E-state index contributed by atoms with van der Waals surface area (Å²) in [6.07, 6.45) is 11.8. The van der Waals surface area contributed by atoms with Crippen molar-refractivity contribution in [1.29, 1.82) is 0 Å². The highest BCUT2D eigenvalue weighted by atomic mass is 32.1. The lowest BCUT2D eigenvalue weighted by Crippen LogP contribution is -1.70. The van der Waals surface area contributed by atoms with Crippen molar-refractivity contribution in [3.8, 4) is 0 Å². The Morgan fingerprint density at radius 2 is 0.783 bits per heavy atom. The Morgan fingerprint density at radius 1 is 0.609 bits per heavy atom. The molecular formula is C15H39O4PS3. The van der Waals surface area contributed by atoms with Gasteiger partial charge in [-0.1, -0.05) is 59.3 Å². The van der Waals surface area contributed by atoms with Crippen molar-refractivity contribution < 1.29 is 19.2 Å². The Kier molecular flexibility index (Phi) is 42.9. The van der Waals surface area contributed by atoms with Crippen LogP contribution < -0.4 is 0 Å². The van der Waals surface area contributed by atoms with E-state index in [9.17, 15) is 0 Å². The molecule has 0 saturated heterocycles. The van der Waals surface area contributed by atoms with E-state index in [2.05, 4.69) is 58.7 Å². The van der Waals surface area contributed by atoms with E-state index < -0.39 is 7.82 Å². The van der Waals surface area contributed by atoms with Gasteiger partial charge in [0.05, 0.1) is 0 Å². The lowest BCUT2D eigenvalue weighted by molar-refractivity contribution is 0.275. The van der Waals surface area contributed by atoms with E-state index in [4.69, 9.17) is 19.2 Å². The molecule has 0 aliphatic heterocycles. The molecule has 0 radical (unpaired) electrons. The Labute approximate surface area is 160 Å². The molecule has 0 bridgehead atoms. The molecule has 0 heterocycles. The number of thiol groups is 3. The maximum Gasteiger partial charge on any atom is 0.466 e. The molecule has 0 unspecified atom stereocenters. The third-order valence-corrected chi connectivity index (χ3v) is 3.23. The first-order valence-electron chi connectivity index (χ1n) is 8.35. The molecule has 4 nitrogen and oxygen atoms in total. The number of hydrogen-bond donors (Lipinski definition) is 6. The first-order valence-corrected chi connectivity index (χ1v) is 11.8. The number of unbranched alkanes of at least 4 members (excludes halogenated alkanes) is 6. The maximum absolute atomic E-state index is 8.88. The molecule has 0 amide bonds. The fourth-order valence-electron chi connectivity index (χ4n) is 1.09. The maximum atomic E-state index is 8.88. The topological polar surface area (TPSA) is 77.8 Å². The van der Waals surface area contributed by atoms with Crippen LogP contribution in [0.3, 0.4) is 0 Å². The number of rotatable bonds is 9. The van der Waals surface area contributed by atoms with Gasteiger partial charge in [0.1, 0.15) is 0 Å². The summed E-state index contributed by atoms with van der Waals surface area (Å²) in [5.74, 6) is 3.15. The van der Waals surface area contributed by atoms with Crippen molar-refractivity contribution in [2.45, 2.75) is 78.6 Å². The first-order chi connectivity index (χ1) is 10.7. The second-order valence-corrected chi connectivity index (χ2v) is 7.17. The second-order valence-electron chi connectivity index (χ2n) is 4.81. The van der Waals surface area contributed by atoms with Gasteiger partial charge in [0.2, 0.25) is 0 Å².